The molecule has 12 heteroatoms. The van der Waals surface area contributed by atoms with Crippen LogP contribution >= 0.6 is 0 Å². The van der Waals surface area contributed by atoms with Crippen LogP contribution in [0.2, 0.25) is 0 Å². The molecule has 1 N–H and O–H groups in total. The summed E-state index contributed by atoms with van der Waals surface area (Å²) in [5, 5.41) is 3.63. The quantitative estimate of drug-likeness (QED) is 0.0520. The minimum absolute atomic E-state index is 0.114. The molecular weight excluding hydrogens is 889 g/mol. The van der Waals surface area contributed by atoms with Crippen LogP contribution in [0.25, 0.3) is 0 Å². The van der Waals surface area contributed by atoms with Crippen LogP contribution in [0.3, 0.4) is 0 Å². The SMILES string of the molecule is COCCCN1C(=O)COc2ccc(C(O[C@H]3CNC[C@@H](COC(c4ccccc4)(c4ccccc4)c4ccccc4)[C@@H]3c3ccc(OCCC[C@@H](C)OC)cc3)S(=O)(=O)c3ccc(C)cc3)cc21. The highest BCUT2D eigenvalue weighted by molar-refractivity contribution is 7.91. The summed E-state index contributed by atoms with van der Waals surface area (Å²) >= 11 is 0. The molecule has 2 heterocycles. The fourth-order valence-electron chi connectivity index (χ4n) is 9.54. The minimum Gasteiger partial charge on any atom is -0.494 e. The van der Waals surface area contributed by atoms with Crippen molar-refractivity contribution in [2.24, 2.45) is 5.92 Å². The molecule has 1 unspecified atom stereocenters. The Morgan fingerprint density at radius 1 is 0.768 bits per heavy atom. The first-order valence-electron chi connectivity index (χ1n) is 23.9. The second-order valence-electron chi connectivity index (χ2n) is 17.9. The van der Waals surface area contributed by atoms with Crippen molar-refractivity contribution in [2.75, 3.05) is 65.2 Å². The summed E-state index contributed by atoms with van der Waals surface area (Å²) in [6.07, 6.45) is 1.78. The monoisotopic (exact) mass is 952 g/mol. The van der Waals surface area contributed by atoms with E-state index >= 15 is 8.42 Å². The highest BCUT2D eigenvalue weighted by Gasteiger charge is 2.44. The summed E-state index contributed by atoms with van der Waals surface area (Å²) < 4.78 is 67.9. The summed E-state index contributed by atoms with van der Waals surface area (Å²) in [6.45, 7) is 6.43. The van der Waals surface area contributed by atoms with Crippen LogP contribution in [0.1, 0.15) is 70.9 Å². The van der Waals surface area contributed by atoms with Crippen LogP contribution in [-0.4, -0.2) is 86.8 Å². The molecule has 1 saturated heterocycles. The highest BCUT2D eigenvalue weighted by atomic mass is 32.2. The Morgan fingerprint density at radius 3 is 2.01 bits per heavy atom. The third-order valence-electron chi connectivity index (χ3n) is 13.3. The number of hydrogen-bond donors (Lipinski definition) is 1. The summed E-state index contributed by atoms with van der Waals surface area (Å²) in [5.41, 5.74) is 3.23. The first-order valence-corrected chi connectivity index (χ1v) is 25.5. The van der Waals surface area contributed by atoms with Gasteiger partial charge in [-0.15, -0.1) is 0 Å². The van der Waals surface area contributed by atoms with Crippen molar-refractivity contribution in [1.82, 2.24) is 5.32 Å². The number of rotatable bonds is 22. The van der Waals surface area contributed by atoms with Crippen molar-refractivity contribution in [2.45, 2.75) is 67.2 Å². The molecule has 2 aliphatic rings. The number of ether oxygens (including phenoxy) is 6. The van der Waals surface area contributed by atoms with E-state index in [4.69, 9.17) is 28.4 Å². The molecule has 0 aromatic heterocycles. The van der Waals surface area contributed by atoms with Crippen LogP contribution in [0.15, 0.2) is 163 Å². The highest BCUT2D eigenvalue weighted by Crippen LogP contribution is 2.45. The largest absolute Gasteiger partial charge is 0.494 e. The molecule has 0 radical (unpaired) electrons. The number of nitrogens with one attached hydrogen (secondary N) is 1. The maximum Gasteiger partial charge on any atom is 0.265 e. The molecule has 5 atom stereocenters. The maximum atomic E-state index is 15.2. The van der Waals surface area contributed by atoms with Gasteiger partial charge < -0.3 is 38.6 Å². The Hall–Kier alpha value is -5.86. The van der Waals surface area contributed by atoms with Crippen molar-refractivity contribution >= 4 is 21.4 Å². The number of anilines is 1. The summed E-state index contributed by atoms with van der Waals surface area (Å²) in [4.78, 5) is 15.1. The van der Waals surface area contributed by atoms with E-state index in [1.54, 1.807) is 61.6 Å². The second kappa shape index (κ2) is 23.2. The van der Waals surface area contributed by atoms with E-state index in [0.29, 0.717) is 56.3 Å². The molecule has 362 valence electrons. The van der Waals surface area contributed by atoms with Gasteiger partial charge in [0.25, 0.3) is 5.91 Å². The van der Waals surface area contributed by atoms with Gasteiger partial charge in [-0.05, 0) is 97.3 Å². The lowest BCUT2D eigenvalue weighted by Crippen LogP contribution is -2.50. The molecule has 6 aromatic carbocycles. The van der Waals surface area contributed by atoms with E-state index < -0.39 is 27.0 Å². The molecule has 0 bridgehead atoms. The molecule has 2 aliphatic heterocycles. The van der Waals surface area contributed by atoms with Crippen molar-refractivity contribution < 1.29 is 41.6 Å². The van der Waals surface area contributed by atoms with E-state index in [-0.39, 0.29) is 42.0 Å². The topological polar surface area (TPSA) is 122 Å². The van der Waals surface area contributed by atoms with Gasteiger partial charge in [0.2, 0.25) is 9.84 Å². The van der Waals surface area contributed by atoms with Crippen molar-refractivity contribution in [3.63, 3.8) is 0 Å². The molecule has 1 amide bonds. The average molecular weight is 953 g/mol. The van der Waals surface area contributed by atoms with E-state index in [1.165, 1.54) is 0 Å². The normalized spacial score (nSPS) is 18.2. The standard InChI is InChI=1S/C57H64N2O9S/c1-41-23-30-50(31-24-41)69(61,62)56(44-27-32-52-51(36-44)59(33-15-34-63-3)54(60)40-66-52)68-53-38-58-37-45(55(53)43-25-28-49(29-26-43)65-35-14-16-42(2)64-4)39-67-57(46-17-8-5-9-18-46,47-19-10-6-11-20-47)48-21-12-7-13-22-48/h5-13,17-32,36,42,45,53,55-56,58H,14-16,33-35,37-40H2,1-4H3/t42-,45+,53+,55+,56?/m1/s1. The number of sulfone groups is 1. The van der Waals surface area contributed by atoms with Crippen LogP contribution in [0.4, 0.5) is 5.69 Å². The Morgan fingerprint density at radius 2 is 1.41 bits per heavy atom. The Kier molecular flexibility index (Phi) is 16.6. The molecule has 6 aromatic rings. The number of benzene rings is 6. The van der Waals surface area contributed by atoms with E-state index in [1.807, 2.05) is 80.6 Å². The van der Waals surface area contributed by atoms with Gasteiger partial charge in [0, 0.05) is 52.3 Å². The minimum atomic E-state index is -4.22. The molecule has 8 rings (SSSR count). The van der Waals surface area contributed by atoms with Gasteiger partial charge in [0.15, 0.2) is 12.0 Å². The van der Waals surface area contributed by atoms with Gasteiger partial charge in [-0.3, -0.25) is 4.79 Å². The lowest BCUT2D eigenvalue weighted by atomic mass is 9.78. The molecule has 1 fully saturated rings. The van der Waals surface area contributed by atoms with E-state index in [0.717, 1.165) is 46.4 Å². The number of carbonyl (C=O) groups excluding carboxylic acids is 1. The zero-order valence-electron chi connectivity index (χ0n) is 40.0. The summed E-state index contributed by atoms with van der Waals surface area (Å²) in [7, 11) is -0.880. The number of methoxy groups -OCH3 is 2. The molecule has 69 heavy (non-hydrogen) atoms. The number of fused-ring (bicyclic) bond motifs is 1. The first kappa shape index (κ1) is 49.6. The first-order chi connectivity index (χ1) is 33.6. The third-order valence-corrected chi connectivity index (χ3v) is 15.1. The molecule has 0 saturated carbocycles. The fraction of sp³-hybridized carbons (Fsp3) is 0.351. The van der Waals surface area contributed by atoms with Gasteiger partial charge in [0.05, 0.1) is 36.0 Å². The van der Waals surface area contributed by atoms with E-state index in [9.17, 15) is 4.79 Å². The van der Waals surface area contributed by atoms with Crippen molar-refractivity contribution in [1.29, 1.82) is 0 Å². The number of hydrogen-bond acceptors (Lipinski definition) is 10. The van der Waals surface area contributed by atoms with Crippen LogP contribution in [0, 0.1) is 12.8 Å². The number of nitrogens with zero attached hydrogens (tertiary/aromatic N) is 1. The van der Waals surface area contributed by atoms with Gasteiger partial charge >= 0.3 is 0 Å². The molecule has 0 aliphatic carbocycles. The zero-order valence-corrected chi connectivity index (χ0v) is 40.8. The molecule has 0 spiro atoms. The molecular formula is C57H64N2O9S. The van der Waals surface area contributed by atoms with E-state index in [2.05, 4.69) is 53.8 Å². The lowest BCUT2D eigenvalue weighted by molar-refractivity contribution is -0.121. The second-order valence-corrected chi connectivity index (χ2v) is 19.9. The zero-order chi connectivity index (χ0) is 48.2. The summed E-state index contributed by atoms with van der Waals surface area (Å²) in [6, 6.07) is 51.0. The predicted octanol–water partition coefficient (Wildman–Crippen LogP) is 9.82. The number of aryl methyl sites for hydroxylation is 1. The number of carbonyl (C=O) groups is 1. The van der Waals surface area contributed by atoms with Crippen LogP contribution in [-0.2, 0) is 39.2 Å². The third kappa shape index (κ3) is 11.4. The van der Waals surface area contributed by atoms with Crippen molar-refractivity contribution in [3.8, 4) is 11.5 Å². The Balaban J connectivity index is 1.20. The predicted molar refractivity (Wildman–Crippen MR) is 269 cm³/mol. The van der Waals surface area contributed by atoms with Gasteiger partial charge in [-0.2, -0.15) is 0 Å². The smallest absolute Gasteiger partial charge is 0.265 e. The van der Waals surface area contributed by atoms with Crippen LogP contribution < -0.4 is 19.7 Å². The number of amides is 1. The summed E-state index contributed by atoms with van der Waals surface area (Å²) in [5.74, 6) is 0.441. The Labute approximate surface area is 407 Å². The lowest BCUT2D eigenvalue weighted by Gasteiger charge is -2.43. The fourth-order valence-corrected chi connectivity index (χ4v) is 11.1. The van der Waals surface area contributed by atoms with Crippen molar-refractivity contribution in [3.05, 3.63) is 191 Å². The van der Waals surface area contributed by atoms with Gasteiger partial charge in [-0.25, -0.2) is 8.42 Å². The van der Waals surface area contributed by atoms with Crippen LogP contribution in [0.5, 0.6) is 11.5 Å². The number of piperidine rings is 1. The van der Waals surface area contributed by atoms with Gasteiger partial charge in [-0.1, -0.05) is 127 Å². The molecule has 11 nitrogen and oxygen atoms in total. The van der Waals surface area contributed by atoms with Gasteiger partial charge in [0.1, 0.15) is 17.1 Å². The average Bonchev–Trinajstić information content (AvgIpc) is 3.39. The maximum absolute atomic E-state index is 15.2. The Bertz CT molecular complexity index is 2570.